The molecule has 17 heavy (non-hydrogen) atoms. The first-order chi connectivity index (χ1) is 8.08. The molecule has 0 radical (unpaired) electrons. The molecule has 0 atom stereocenters. The standard InChI is InChI=1S/C11H17FN2O2S/c1-2-3-4-5-9-14-17(15,16)11-10(12)7-6-8-13-11/h6-8,14H,2-5,9H2,1H3. The molecule has 0 fully saturated rings. The zero-order chi connectivity index (χ0) is 12.7. The lowest BCUT2D eigenvalue weighted by atomic mass is 10.2. The van der Waals surface area contributed by atoms with Crippen molar-refractivity contribution in [2.45, 2.75) is 37.6 Å². The van der Waals surface area contributed by atoms with Gasteiger partial charge in [0.05, 0.1) is 0 Å². The van der Waals surface area contributed by atoms with E-state index in [0.29, 0.717) is 6.54 Å². The van der Waals surface area contributed by atoms with E-state index >= 15 is 0 Å². The third kappa shape index (κ3) is 4.40. The topological polar surface area (TPSA) is 59.1 Å². The van der Waals surface area contributed by atoms with Crippen LogP contribution in [0, 0.1) is 5.82 Å². The fraction of sp³-hybridized carbons (Fsp3) is 0.545. The van der Waals surface area contributed by atoms with Crippen LogP contribution in [0.4, 0.5) is 4.39 Å². The second-order valence-corrected chi connectivity index (χ2v) is 5.43. The summed E-state index contributed by atoms with van der Waals surface area (Å²) in [6, 6.07) is 2.44. The second-order valence-electron chi connectivity index (χ2n) is 3.75. The van der Waals surface area contributed by atoms with Crippen molar-refractivity contribution < 1.29 is 12.8 Å². The molecule has 96 valence electrons. The van der Waals surface area contributed by atoms with Crippen LogP contribution in [0.3, 0.4) is 0 Å². The van der Waals surface area contributed by atoms with Crippen molar-refractivity contribution >= 4 is 10.0 Å². The van der Waals surface area contributed by atoms with Crippen molar-refractivity contribution in [3.05, 3.63) is 24.1 Å². The molecule has 1 aromatic heterocycles. The molecule has 0 aliphatic rings. The first kappa shape index (κ1) is 14.1. The van der Waals surface area contributed by atoms with Crippen molar-refractivity contribution in [2.75, 3.05) is 6.54 Å². The van der Waals surface area contributed by atoms with Gasteiger partial charge in [0.25, 0.3) is 10.0 Å². The molecule has 4 nitrogen and oxygen atoms in total. The fourth-order valence-corrected chi connectivity index (χ4v) is 2.47. The Morgan fingerprint density at radius 2 is 2.12 bits per heavy atom. The van der Waals surface area contributed by atoms with Gasteiger partial charge in [-0.15, -0.1) is 0 Å². The Kier molecular flexibility index (Phi) is 5.50. The molecule has 1 N–H and O–H groups in total. The molecule has 0 unspecified atom stereocenters. The Balaban J connectivity index is 2.55. The third-order valence-electron chi connectivity index (χ3n) is 2.30. The Morgan fingerprint density at radius 1 is 1.35 bits per heavy atom. The molecule has 0 aliphatic heterocycles. The van der Waals surface area contributed by atoms with Crippen molar-refractivity contribution in [1.29, 1.82) is 0 Å². The zero-order valence-electron chi connectivity index (χ0n) is 9.82. The lowest BCUT2D eigenvalue weighted by Crippen LogP contribution is -2.26. The highest BCUT2D eigenvalue weighted by molar-refractivity contribution is 7.89. The Labute approximate surface area is 101 Å². The number of rotatable bonds is 7. The van der Waals surface area contributed by atoms with Gasteiger partial charge in [-0.2, -0.15) is 0 Å². The number of unbranched alkanes of at least 4 members (excludes halogenated alkanes) is 3. The Hall–Kier alpha value is -1.01. The third-order valence-corrected chi connectivity index (χ3v) is 3.70. The van der Waals surface area contributed by atoms with Gasteiger partial charge in [-0.1, -0.05) is 26.2 Å². The number of nitrogens with zero attached hydrogens (tertiary/aromatic N) is 1. The van der Waals surface area contributed by atoms with E-state index in [4.69, 9.17) is 0 Å². The molecule has 0 aromatic carbocycles. The smallest absolute Gasteiger partial charge is 0.241 e. The summed E-state index contributed by atoms with van der Waals surface area (Å²) in [6.07, 6.45) is 5.13. The van der Waals surface area contributed by atoms with E-state index < -0.39 is 20.9 Å². The quantitative estimate of drug-likeness (QED) is 0.764. The summed E-state index contributed by atoms with van der Waals surface area (Å²) >= 11 is 0. The molecule has 0 aliphatic carbocycles. The fourth-order valence-electron chi connectivity index (χ4n) is 1.40. The van der Waals surface area contributed by atoms with Crippen molar-refractivity contribution in [2.24, 2.45) is 0 Å². The lowest BCUT2D eigenvalue weighted by molar-refractivity contribution is 0.541. The van der Waals surface area contributed by atoms with Gasteiger partial charge < -0.3 is 0 Å². The van der Waals surface area contributed by atoms with Crippen LogP contribution in [0.15, 0.2) is 23.4 Å². The normalized spacial score (nSPS) is 11.6. The van der Waals surface area contributed by atoms with E-state index in [-0.39, 0.29) is 0 Å². The summed E-state index contributed by atoms with van der Waals surface area (Å²) in [7, 11) is -3.81. The van der Waals surface area contributed by atoms with E-state index in [2.05, 4.69) is 16.6 Å². The first-order valence-corrected chi connectivity index (χ1v) is 7.16. The van der Waals surface area contributed by atoms with Crippen LogP contribution >= 0.6 is 0 Å². The van der Waals surface area contributed by atoms with Gasteiger partial charge in [-0.25, -0.2) is 22.5 Å². The second kappa shape index (κ2) is 6.66. The van der Waals surface area contributed by atoms with Gasteiger partial charge >= 0.3 is 0 Å². The summed E-state index contributed by atoms with van der Waals surface area (Å²) in [4.78, 5) is 3.54. The van der Waals surface area contributed by atoms with E-state index in [0.717, 1.165) is 31.7 Å². The number of halogens is 1. The highest BCUT2D eigenvalue weighted by Gasteiger charge is 2.19. The molecule has 0 saturated carbocycles. The first-order valence-electron chi connectivity index (χ1n) is 5.68. The van der Waals surface area contributed by atoms with Crippen LogP contribution in [0.25, 0.3) is 0 Å². The molecule has 0 spiro atoms. The van der Waals surface area contributed by atoms with E-state index in [1.165, 1.54) is 12.3 Å². The minimum Gasteiger partial charge on any atom is -0.241 e. The predicted octanol–water partition coefficient (Wildman–Crippen LogP) is 2.08. The average Bonchev–Trinajstić information content (AvgIpc) is 2.29. The average molecular weight is 260 g/mol. The maximum atomic E-state index is 13.2. The lowest BCUT2D eigenvalue weighted by Gasteiger charge is -2.06. The van der Waals surface area contributed by atoms with Crippen LogP contribution in [-0.2, 0) is 10.0 Å². The Bertz CT molecular complexity index is 449. The van der Waals surface area contributed by atoms with Crippen molar-refractivity contribution in [3.63, 3.8) is 0 Å². The molecule has 6 heteroatoms. The minimum atomic E-state index is -3.81. The monoisotopic (exact) mass is 260 g/mol. The molecule has 1 heterocycles. The highest BCUT2D eigenvalue weighted by Crippen LogP contribution is 2.09. The van der Waals surface area contributed by atoms with Crippen LogP contribution in [-0.4, -0.2) is 19.9 Å². The molecular weight excluding hydrogens is 243 g/mol. The van der Waals surface area contributed by atoms with Crippen LogP contribution < -0.4 is 4.72 Å². The van der Waals surface area contributed by atoms with Crippen molar-refractivity contribution in [3.8, 4) is 0 Å². The van der Waals surface area contributed by atoms with Gasteiger partial charge in [0.15, 0.2) is 5.82 Å². The summed E-state index contributed by atoms with van der Waals surface area (Å²) in [5.41, 5.74) is 0. The zero-order valence-corrected chi connectivity index (χ0v) is 10.6. The highest BCUT2D eigenvalue weighted by atomic mass is 32.2. The van der Waals surface area contributed by atoms with Crippen LogP contribution in [0.5, 0.6) is 0 Å². The maximum absolute atomic E-state index is 13.2. The molecular formula is C11H17FN2O2S. The largest absolute Gasteiger partial charge is 0.261 e. The number of nitrogens with one attached hydrogen (secondary N) is 1. The van der Waals surface area contributed by atoms with Gasteiger partial charge in [0.1, 0.15) is 0 Å². The summed E-state index contributed by atoms with van der Waals surface area (Å²) in [5, 5.41) is -0.532. The van der Waals surface area contributed by atoms with Crippen molar-refractivity contribution in [1.82, 2.24) is 9.71 Å². The number of hydrogen-bond acceptors (Lipinski definition) is 3. The summed E-state index contributed by atoms with van der Waals surface area (Å²) in [6.45, 7) is 2.39. The number of hydrogen-bond donors (Lipinski definition) is 1. The number of sulfonamides is 1. The molecule has 0 amide bonds. The van der Waals surface area contributed by atoms with E-state index in [1.807, 2.05) is 0 Å². The number of aromatic nitrogens is 1. The van der Waals surface area contributed by atoms with Gasteiger partial charge in [0.2, 0.25) is 5.03 Å². The van der Waals surface area contributed by atoms with Crippen LogP contribution in [0.2, 0.25) is 0 Å². The van der Waals surface area contributed by atoms with E-state index in [9.17, 15) is 12.8 Å². The van der Waals surface area contributed by atoms with Gasteiger partial charge in [0, 0.05) is 12.7 Å². The maximum Gasteiger partial charge on any atom is 0.261 e. The van der Waals surface area contributed by atoms with E-state index in [1.54, 1.807) is 0 Å². The SMILES string of the molecule is CCCCCCNS(=O)(=O)c1ncccc1F. The van der Waals surface area contributed by atoms with Gasteiger partial charge in [-0.3, -0.25) is 0 Å². The molecule has 1 aromatic rings. The predicted molar refractivity (Wildman–Crippen MR) is 63.5 cm³/mol. The summed E-state index contributed by atoms with van der Waals surface area (Å²) in [5.74, 6) is -0.825. The molecule has 1 rings (SSSR count). The molecule has 0 saturated heterocycles. The Morgan fingerprint density at radius 3 is 2.76 bits per heavy atom. The number of pyridine rings is 1. The summed E-state index contributed by atoms with van der Waals surface area (Å²) < 4.78 is 38.9. The minimum absolute atomic E-state index is 0.318. The molecule has 0 bridgehead atoms. The van der Waals surface area contributed by atoms with Crippen LogP contribution in [0.1, 0.15) is 32.6 Å². The van der Waals surface area contributed by atoms with Gasteiger partial charge in [-0.05, 0) is 18.6 Å².